The van der Waals surface area contributed by atoms with Gasteiger partial charge in [0, 0.05) is 35.0 Å². The Morgan fingerprint density at radius 2 is 1.94 bits per heavy atom. The van der Waals surface area contributed by atoms with Crippen LogP contribution in [0.5, 0.6) is 0 Å². The molecule has 3 aromatic rings. The van der Waals surface area contributed by atoms with Gasteiger partial charge in [0.2, 0.25) is 5.91 Å². The normalized spacial score (nSPS) is 21.0. The summed E-state index contributed by atoms with van der Waals surface area (Å²) in [4.78, 5) is 31.3. The van der Waals surface area contributed by atoms with E-state index in [1.165, 1.54) is 0 Å². The lowest BCUT2D eigenvalue weighted by Gasteiger charge is -2.37. The van der Waals surface area contributed by atoms with Gasteiger partial charge in [-0.15, -0.1) is 23.1 Å². The lowest BCUT2D eigenvalue weighted by atomic mass is 10.1. The molecule has 0 spiro atoms. The fraction of sp³-hybridized carbons (Fsp3) is 0.304. The van der Waals surface area contributed by atoms with E-state index in [-0.39, 0.29) is 17.9 Å². The Balaban J connectivity index is 1.43. The Labute approximate surface area is 194 Å². The first-order valence-corrected chi connectivity index (χ1v) is 12.4. The standard InChI is InChI=1S/C23H22ClN3O2S2/c24-17-6-2-4-8-20(17)30-13-16-15-5-1-3-7-19(15)31-21(16)23(29)26-9-10-27-14(12-26)11-18(25)22(27)28/h1-8,14,18H,9-13,25H2. The van der Waals surface area contributed by atoms with Crippen LogP contribution < -0.4 is 5.73 Å². The second-order valence-corrected chi connectivity index (χ2v) is 10.4. The molecule has 1 aromatic heterocycles. The van der Waals surface area contributed by atoms with Gasteiger partial charge in [-0.3, -0.25) is 9.59 Å². The van der Waals surface area contributed by atoms with Crippen LogP contribution in [0.2, 0.25) is 5.02 Å². The van der Waals surface area contributed by atoms with Crippen molar-refractivity contribution in [3.05, 3.63) is 64.0 Å². The topological polar surface area (TPSA) is 66.6 Å². The maximum Gasteiger partial charge on any atom is 0.264 e. The smallest absolute Gasteiger partial charge is 0.264 e. The quantitative estimate of drug-likeness (QED) is 0.578. The highest BCUT2D eigenvalue weighted by Gasteiger charge is 2.42. The van der Waals surface area contributed by atoms with Crippen LogP contribution in [0.1, 0.15) is 21.7 Å². The van der Waals surface area contributed by atoms with Crippen molar-refractivity contribution in [1.29, 1.82) is 0 Å². The second kappa shape index (κ2) is 8.47. The largest absolute Gasteiger partial charge is 0.335 e. The summed E-state index contributed by atoms with van der Waals surface area (Å²) in [5.41, 5.74) is 7.00. The van der Waals surface area contributed by atoms with Gasteiger partial charge in [-0.25, -0.2) is 0 Å². The van der Waals surface area contributed by atoms with Crippen LogP contribution in [0, 0.1) is 0 Å². The lowest BCUT2D eigenvalue weighted by molar-refractivity contribution is -0.131. The molecule has 8 heteroatoms. The minimum Gasteiger partial charge on any atom is -0.335 e. The highest BCUT2D eigenvalue weighted by Crippen LogP contribution is 2.38. The van der Waals surface area contributed by atoms with E-state index in [0.29, 0.717) is 31.8 Å². The molecule has 2 fully saturated rings. The van der Waals surface area contributed by atoms with Crippen molar-refractivity contribution in [2.75, 3.05) is 19.6 Å². The molecule has 3 heterocycles. The van der Waals surface area contributed by atoms with E-state index in [2.05, 4.69) is 12.1 Å². The summed E-state index contributed by atoms with van der Waals surface area (Å²) in [5.74, 6) is 0.723. The van der Waals surface area contributed by atoms with Gasteiger partial charge in [0.05, 0.1) is 22.0 Å². The Morgan fingerprint density at radius 1 is 1.16 bits per heavy atom. The average Bonchev–Trinajstić information content (AvgIpc) is 3.29. The summed E-state index contributed by atoms with van der Waals surface area (Å²) >= 11 is 9.54. The first-order chi connectivity index (χ1) is 15.0. The number of nitrogens with two attached hydrogens (primary N) is 1. The molecule has 5 rings (SSSR count). The van der Waals surface area contributed by atoms with Gasteiger partial charge in [0.1, 0.15) is 0 Å². The van der Waals surface area contributed by atoms with Crippen molar-refractivity contribution in [3.63, 3.8) is 0 Å². The molecule has 0 aliphatic carbocycles. The second-order valence-electron chi connectivity index (χ2n) is 7.90. The number of hydrogen-bond acceptors (Lipinski definition) is 5. The van der Waals surface area contributed by atoms with Crippen molar-refractivity contribution in [3.8, 4) is 0 Å². The maximum atomic E-state index is 13.6. The summed E-state index contributed by atoms with van der Waals surface area (Å²) in [7, 11) is 0. The van der Waals surface area contributed by atoms with Crippen molar-refractivity contribution in [1.82, 2.24) is 9.80 Å². The van der Waals surface area contributed by atoms with Gasteiger partial charge < -0.3 is 15.5 Å². The van der Waals surface area contributed by atoms with Gasteiger partial charge in [0.15, 0.2) is 0 Å². The van der Waals surface area contributed by atoms with Crippen molar-refractivity contribution >= 4 is 56.6 Å². The highest BCUT2D eigenvalue weighted by molar-refractivity contribution is 7.98. The van der Waals surface area contributed by atoms with Crippen LogP contribution in [0.3, 0.4) is 0 Å². The molecule has 2 atom stereocenters. The molecule has 2 N–H and O–H groups in total. The fourth-order valence-corrected chi connectivity index (χ4v) is 6.97. The first-order valence-electron chi connectivity index (χ1n) is 10.3. The summed E-state index contributed by atoms with van der Waals surface area (Å²) in [5, 5.41) is 1.84. The van der Waals surface area contributed by atoms with Gasteiger partial charge in [0.25, 0.3) is 5.91 Å². The number of amides is 2. The van der Waals surface area contributed by atoms with Crippen LogP contribution in [0.15, 0.2) is 53.4 Å². The zero-order valence-electron chi connectivity index (χ0n) is 16.8. The number of fused-ring (bicyclic) bond motifs is 2. The number of thioether (sulfide) groups is 1. The molecule has 0 saturated carbocycles. The number of thiophene rings is 1. The molecular formula is C23H22ClN3O2S2. The summed E-state index contributed by atoms with van der Waals surface area (Å²) < 4.78 is 1.11. The number of benzene rings is 2. The Hall–Kier alpha value is -2.06. The summed E-state index contributed by atoms with van der Waals surface area (Å²) in [6, 6.07) is 15.5. The van der Waals surface area contributed by atoms with Crippen LogP contribution >= 0.6 is 34.7 Å². The third kappa shape index (κ3) is 3.84. The monoisotopic (exact) mass is 471 g/mol. The molecule has 2 aliphatic heterocycles. The van der Waals surface area contributed by atoms with Crippen LogP contribution in [0.4, 0.5) is 0 Å². The lowest BCUT2D eigenvalue weighted by Crippen LogP contribution is -2.53. The number of carbonyl (C=O) groups is 2. The zero-order valence-corrected chi connectivity index (χ0v) is 19.2. The number of rotatable bonds is 4. The zero-order chi connectivity index (χ0) is 21.5. The number of nitrogens with zero attached hydrogens (tertiary/aromatic N) is 2. The molecule has 31 heavy (non-hydrogen) atoms. The van der Waals surface area contributed by atoms with Crippen LogP contribution in [-0.4, -0.2) is 53.3 Å². The van der Waals surface area contributed by atoms with E-state index >= 15 is 0 Å². The molecule has 2 aliphatic rings. The maximum absolute atomic E-state index is 13.6. The number of carbonyl (C=O) groups excluding carboxylic acids is 2. The molecular weight excluding hydrogens is 450 g/mol. The van der Waals surface area contributed by atoms with E-state index in [1.807, 2.05) is 46.2 Å². The van der Waals surface area contributed by atoms with Crippen molar-refractivity contribution in [2.45, 2.75) is 29.2 Å². The minimum absolute atomic E-state index is 0.00999. The average molecular weight is 472 g/mol. The van der Waals surface area contributed by atoms with Gasteiger partial charge in [-0.05, 0) is 35.6 Å². The predicted molar refractivity (Wildman–Crippen MR) is 127 cm³/mol. The summed E-state index contributed by atoms with van der Waals surface area (Å²) in [6.45, 7) is 1.64. The molecule has 2 amide bonds. The fourth-order valence-electron chi connectivity index (χ4n) is 4.41. The van der Waals surface area contributed by atoms with E-state index < -0.39 is 6.04 Å². The minimum atomic E-state index is -0.438. The number of halogens is 1. The van der Waals surface area contributed by atoms with Crippen LogP contribution in [0.25, 0.3) is 10.1 Å². The molecule has 160 valence electrons. The third-order valence-electron chi connectivity index (χ3n) is 6.00. The van der Waals surface area contributed by atoms with E-state index in [9.17, 15) is 9.59 Å². The van der Waals surface area contributed by atoms with Gasteiger partial charge >= 0.3 is 0 Å². The highest BCUT2D eigenvalue weighted by atomic mass is 35.5. The van der Waals surface area contributed by atoms with Gasteiger partial charge in [-0.2, -0.15) is 0 Å². The molecule has 0 bridgehead atoms. The van der Waals surface area contributed by atoms with Crippen molar-refractivity contribution < 1.29 is 9.59 Å². The Morgan fingerprint density at radius 3 is 2.77 bits per heavy atom. The molecule has 2 unspecified atom stereocenters. The van der Waals surface area contributed by atoms with Crippen molar-refractivity contribution in [2.24, 2.45) is 5.73 Å². The summed E-state index contributed by atoms with van der Waals surface area (Å²) in [6.07, 6.45) is 0.615. The molecule has 2 aromatic carbocycles. The molecule has 0 radical (unpaired) electrons. The third-order valence-corrected chi connectivity index (χ3v) is 8.74. The predicted octanol–water partition coefficient (Wildman–Crippen LogP) is 4.23. The Bertz CT molecular complexity index is 1160. The molecule has 2 saturated heterocycles. The van der Waals surface area contributed by atoms with E-state index in [0.717, 1.165) is 30.4 Å². The SMILES string of the molecule is NC1CC2CN(C(=O)c3sc4ccccc4c3CSc3ccccc3Cl)CCN2C1=O. The molecule has 5 nitrogen and oxygen atoms in total. The number of hydrogen-bond donors (Lipinski definition) is 1. The first kappa shape index (κ1) is 20.8. The number of piperazine rings is 1. The van der Waals surface area contributed by atoms with E-state index in [4.69, 9.17) is 17.3 Å². The van der Waals surface area contributed by atoms with Gasteiger partial charge in [-0.1, -0.05) is 41.9 Å². The Kier molecular flexibility index (Phi) is 5.69. The van der Waals surface area contributed by atoms with Crippen LogP contribution in [-0.2, 0) is 10.5 Å². The van der Waals surface area contributed by atoms with E-state index in [1.54, 1.807) is 23.1 Å².